The van der Waals surface area contributed by atoms with E-state index in [0.717, 1.165) is 4.90 Å². The Balaban J connectivity index is 2.29. The van der Waals surface area contributed by atoms with E-state index in [4.69, 9.17) is 22.1 Å². The third-order valence-corrected chi connectivity index (χ3v) is 3.74. The van der Waals surface area contributed by atoms with Crippen molar-refractivity contribution < 1.29 is 9.66 Å². The first kappa shape index (κ1) is 14.5. The highest BCUT2D eigenvalue weighted by atomic mass is 35.5. The lowest BCUT2D eigenvalue weighted by Crippen LogP contribution is -1.97. The van der Waals surface area contributed by atoms with Crippen LogP contribution in [0, 0.1) is 10.1 Å². The van der Waals surface area contributed by atoms with Crippen LogP contribution in [-0.2, 0) is 0 Å². The van der Waals surface area contributed by atoms with Crippen molar-refractivity contribution in [1.29, 1.82) is 0 Å². The van der Waals surface area contributed by atoms with Crippen LogP contribution < -0.4 is 10.5 Å². The highest BCUT2D eigenvalue weighted by molar-refractivity contribution is 7.98. The lowest BCUT2D eigenvalue weighted by molar-refractivity contribution is -0.383. The van der Waals surface area contributed by atoms with Gasteiger partial charge in [-0.2, -0.15) is 0 Å². The van der Waals surface area contributed by atoms with Gasteiger partial charge in [0.25, 0.3) is 5.69 Å². The van der Waals surface area contributed by atoms with Gasteiger partial charge in [-0.15, -0.1) is 11.8 Å². The summed E-state index contributed by atoms with van der Waals surface area (Å²) in [6.07, 6.45) is 1.98. The maximum absolute atomic E-state index is 10.7. The van der Waals surface area contributed by atoms with Gasteiger partial charge in [-0.1, -0.05) is 11.6 Å². The van der Waals surface area contributed by atoms with Gasteiger partial charge >= 0.3 is 0 Å². The summed E-state index contributed by atoms with van der Waals surface area (Å²) in [6.45, 7) is 0. The maximum atomic E-state index is 10.7. The number of hydrogen-bond acceptors (Lipinski definition) is 5. The number of nitro benzene ring substituents is 1. The van der Waals surface area contributed by atoms with Crippen molar-refractivity contribution in [1.82, 2.24) is 0 Å². The first-order valence-electron chi connectivity index (χ1n) is 5.57. The van der Waals surface area contributed by atoms with Crippen LogP contribution in [-0.4, -0.2) is 11.2 Å². The predicted molar refractivity (Wildman–Crippen MR) is 80.8 cm³/mol. The summed E-state index contributed by atoms with van der Waals surface area (Å²) in [5.74, 6) is 0.865. The molecule has 0 atom stereocenters. The van der Waals surface area contributed by atoms with E-state index in [1.54, 1.807) is 23.9 Å². The molecule has 0 aliphatic heterocycles. The molecule has 0 aliphatic rings. The number of halogens is 1. The largest absolute Gasteiger partial charge is 0.456 e. The van der Waals surface area contributed by atoms with Crippen LogP contribution in [0.15, 0.2) is 41.3 Å². The summed E-state index contributed by atoms with van der Waals surface area (Å²) in [7, 11) is 0. The number of hydrogen-bond donors (Lipinski definition) is 1. The van der Waals surface area contributed by atoms with E-state index < -0.39 is 4.92 Å². The minimum absolute atomic E-state index is 0.0353. The van der Waals surface area contributed by atoms with Gasteiger partial charge in [0.15, 0.2) is 0 Å². The number of nitrogen functional groups attached to an aromatic ring is 1. The molecular weight excluding hydrogens is 300 g/mol. The zero-order valence-electron chi connectivity index (χ0n) is 10.5. The number of nitro groups is 1. The van der Waals surface area contributed by atoms with E-state index in [1.165, 1.54) is 12.1 Å². The molecule has 0 saturated carbocycles. The lowest BCUT2D eigenvalue weighted by Gasteiger charge is -2.09. The molecule has 7 heteroatoms. The van der Waals surface area contributed by atoms with Crippen LogP contribution >= 0.6 is 23.4 Å². The molecule has 2 N–H and O–H groups in total. The van der Waals surface area contributed by atoms with E-state index in [-0.39, 0.29) is 22.1 Å². The Labute approximate surface area is 124 Å². The average molecular weight is 311 g/mol. The molecule has 20 heavy (non-hydrogen) atoms. The zero-order valence-corrected chi connectivity index (χ0v) is 12.1. The number of thioether (sulfide) groups is 1. The molecule has 2 aromatic rings. The Hall–Kier alpha value is -1.92. The first-order valence-corrected chi connectivity index (χ1v) is 7.17. The van der Waals surface area contributed by atoms with E-state index >= 15 is 0 Å². The number of nitrogens with zero attached hydrogens (tertiary/aromatic N) is 1. The van der Waals surface area contributed by atoms with Gasteiger partial charge in [0, 0.05) is 11.0 Å². The summed E-state index contributed by atoms with van der Waals surface area (Å²) in [4.78, 5) is 11.3. The average Bonchev–Trinajstić information content (AvgIpc) is 2.44. The SMILES string of the molecule is CSc1ccc(Oc2ccc([N+](=O)[O-])c(N)c2Cl)cc1. The monoisotopic (exact) mass is 310 g/mol. The van der Waals surface area contributed by atoms with Gasteiger partial charge in [0.2, 0.25) is 0 Å². The number of rotatable bonds is 4. The first-order chi connectivity index (χ1) is 9.52. The van der Waals surface area contributed by atoms with Crippen molar-refractivity contribution >= 4 is 34.7 Å². The quantitative estimate of drug-likeness (QED) is 0.393. The molecular formula is C13H11ClN2O3S. The maximum Gasteiger partial charge on any atom is 0.293 e. The number of nitrogens with two attached hydrogens (primary N) is 1. The topological polar surface area (TPSA) is 78.4 Å². The van der Waals surface area contributed by atoms with Crippen molar-refractivity contribution in [2.45, 2.75) is 4.90 Å². The molecule has 0 amide bonds. The molecule has 2 aromatic carbocycles. The molecule has 0 aliphatic carbocycles. The van der Waals surface area contributed by atoms with Crippen LogP contribution in [0.4, 0.5) is 11.4 Å². The van der Waals surface area contributed by atoms with E-state index in [1.807, 2.05) is 18.4 Å². The minimum Gasteiger partial charge on any atom is -0.456 e. The molecule has 0 bridgehead atoms. The lowest BCUT2D eigenvalue weighted by atomic mass is 10.2. The van der Waals surface area contributed by atoms with Crippen molar-refractivity contribution in [3.05, 3.63) is 51.5 Å². The van der Waals surface area contributed by atoms with E-state index in [0.29, 0.717) is 5.75 Å². The third kappa shape index (κ3) is 2.97. The molecule has 0 radical (unpaired) electrons. The summed E-state index contributed by atoms with van der Waals surface area (Å²) in [5, 5.41) is 10.8. The Kier molecular flexibility index (Phi) is 4.36. The van der Waals surface area contributed by atoms with E-state index in [9.17, 15) is 10.1 Å². The fraction of sp³-hybridized carbons (Fsp3) is 0.0769. The molecule has 0 fully saturated rings. The summed E-state index contributed by atoms with van der Waals surface area (Å²) < 4.78 is 5.58. The molecule has 0 saturated heterocycles. The number of ether oxygens (including phenoxy) is 1. The smallest absolute Gasteiger partial charge is 0.293 e. The zero-order chi connectivity index (χ0) is 14.7. The molecule has 0 aromatic heterocycles. The molecule has 0 heterocycles. The summed E-state index contributed by atoms with van der Waals surface area (Å²) in [6, 6.07) is 10.1. The van der Waals surface area contributed by atoms with Crippen LogP contribution in [0.5, 0.6) is 11.5 Å². The second-order valence-corrected chi connectivity index (χ2v) is 5.10. The molecule has 0 unspecified atom stereocenters. The van der Waals surface area contributed by atoms with Crippen LogP contribution in [0.2, 0.25) is 5.02 Å². The minimum atomic E-state index is -0.585. The summed E-state index contributed by atoms with van der Waals surface area (Å²) >= 11 is 7.61. The van der Waals surface area contributed by atoms with Crippen molar-refractivity contribution in [2.75, 3.05) is 12.0 Å². The normalized spacial score (nSPS) is 10.3. The second kappa shape index (κ2) is 6.02. The molecule has 2 rings (SSSR count). The number of anilines is 1. The highest BCUT2D eigenvalue weighted by Gasteiger charge is 2.18. The molecule has 0 spiro atoms. The van der Waals surface area contributed by atoms with Gasteiger partial charge in [-0.05, 0) is 36.6 Å². The van der Waals surface area contributed by atoms with Gasteiger partial charge in [-0.3, -0.25) is 10.1 Å². The van der Waals surface area contributed by atoms with Gasteiger partial charge in [-0.25, -0.2) is 0 Å². The fourth-order valence-corrected chi connectivity index (χ4v) is 2.18. The van der Waals surface area contributed by atoms with Crippen LogP contribution in [0.1, 0.15) is 0 Å². The third-order valence-electron chi connectivity index (χ3n) is 2.61. The number of benzene rings is 2. The fourth-order valence-electron chi connectivity index (χ4n) is 1.57. The Bertz CT molecular complexity index is 647. The molecule has 5 nitrogen and oxygen atoms in total. The highest BCUT2D eigenvalue weighted by Crippen LogP contribution is 2.39. The van der Waals surface area contributed by atoms with Crippen molar-refractivity contribution in [2.24, 2.45) is 0 Å². The summed E-state index contributed by atoms with van der Waals surface area (Å²) in [5.41, 5.74) is 5.29. The van der Waals surface area contributed by atoms with Crippen molar-refractivity contribution in [3.63, 3.8) is 0 Å². The Morgan fingerprint density at radius 1 is 1.25 bits per heavy atom. The standard InChI is InChI=1S/C13H11ClN2O3S/c1-20-9-4-2-8(3-5-9)19-11-7-6-10(16(17)18)13(15)12(11)14/h2-7H,15H2,1H3. The van der Waals surface area contributed by atoms with Gasteiger partial charge in [0.05, 0.1) is 4.92 Å². The Morgan fingerprint density at radius 3 is 2.45 bits per heavy atom. The Morgan fingerprint density at radius 2 is 1.90 bits per heavy atom. The molecule has 104 valence electrons. The second-order valence-electron chi connectivity index (χ2n) is 3.85. The van der Waals surface area contributed by atoms with Crippen LogP contribution in [0.25, 0.3) is 0 Å². The van der Waals surface area contributed by atoms with E-state index in [2.05, 4.69) is 0 Å². The predicted octanol–water partition coefficient (Wildman–Crippen LogP) is 4.34. The van der Waals surface area contributed by atoms with Crippen LogP contribution in [0.3, 0.4) is 0 Å². The van der Waals surface area contributed by atoms with Gasteiger partial charge in [0.1, 0.15) is 22.2 Å². The van der Waals surface area contributed by atoms with Gasteiger partial charge < -0.3 is 10.5 Å². The van der Waals surface area contributed by atoms with Crippen molar-refractivity contribution in [3.8, 4) is 11.5 Å².